The number of anilines is 2. The molecule has 0 unspecified atom stereocenters. The van der Waals surface area contributed by atoms with Crippen molar-refractivity contribution in [3.8, 4) is 0 Å². The Labute approximate surface area is 129 Å². The van der Waals surface area contributed by atoms with Crippen molar-refractivity contribution >= 4 is 33.2 Å². The summed E-state index contributed by atoms with van der Waals surface area (Å²) in [4.78, 5) is 4.81. The van der Waals surface area contributed by atoms with Crippen LogP contribution in [-0.2, 0) is 0 Å². The van der Waals surface area contributed by atoms with Crippen LogP contribution in [0.2, 0.25) is 0 Å². The molecule has 1 N–H and O–H groups in total. The van der Waals surface area contributed by atoms with E-state index in [1.165, 1.54) is 16.3 Å². The van der Waals surface area contributed by atoms with E-state index in [1.807, 2.05) is 6.07 Å². The van der Waals surface area contributed by atoms with Crippen LogP contribution in [0, 0.1) is 6.92 Å². The Morgan fingerprint density at radius 2 is 1.32 bits per heavy atom. The largest absolute Gasteiger partial charge is 0.340 e. The second-order valence-electron chi connectivity index (χ2n) is 5.51. The first-order valence-electron chi connectivity index (χ1n) is 7.42. The van der Waals surface area contributed by atoms with Crippen molar-refractivity contribution in [2.75, 3.05) is 5.32 Å². The lowest BCUT2D eigenvalue weighted by Crippen LogP contribution is -1.96. The van der Waals surface area contributed by atoms with Gasteiger partial charge < -0.3 is 5.32 Å². The van der Waals surface area contributed by atoms with Crippen molar-refractivity contribution in [3.63, 3.8) is 0 Å². The van der Waals surface area contributed by atoms with Gasteiger partial charge in [0.15, 0.2) is 0 Å². The van der Waals surface area contributed by atoms with Gasteiger partial charge in [-0.1, -0.05) is 60.2 Å². The van der Waals surface area contributed by atoms with Gasteiger partial charge in [0.1, 0.15) is 5.82 Å². The maximum atomic E-state index is 4.81. The molecule has 2 heteroatoms. The van der Waals surface area contributed by atoms with Crippen molar-refractivity contribution in [3.05, 3.63) is 78.4 Å². The molecule has 3 aromatic carbocycles. The Hall–Kier alpha value is -2.87. The highest BCUT2D eigenvalue weighted by Gasteiger charge is 2.07. The summed E-state index contributed by atoms with van der Waals surface area (Å²) in [5.41, 5.74) is 3.32. The van der Waals surface area contributed by atoms with Crippen molar-refractivity contribution in [1.29, 1.82) is 0 Å². The number of para-hydroxylation sites is 1. The van der Waals surface area contributed by atoms with E-state index in [-0.39, 0.29) is 0 Å². The molecule has 4 rings (SSSR count). The molecule has 0 saturated heterocycles. The third kappa shape index (κ3) is 2.19. The molecule has 1 heterocycles. The maximum Gasteiger partial charge on any atom is 0.138 e. The molecular weight excluding hydrogens is 268 g/mol. The summed E-state index contributed by atoms with van der Waals surface area (Å²) in [6.45, 7) is 2.09. The van der Waals surface area contributed by atoms with Crippen LogP contribution in [0.15, 0.2) is 72.8 Å². The van der Waals surface area contributed by atoms with Crippen molar-refractivity contribution < 1.29 is 0 Å². The average Bonchev–Trinajstić information content (AvgIpc) is 2.57. The zero-order valence-electron chi connectivity index (χ0n) is 12.4. The van der Waals surface area contributed by atoms with Gasteiger partial charge in [-0.15, -0.1) is 0 Å². The molecule has 0 aliphatic heterocycles. The van der Waals surface area contributed by atoms with Crippen LogP contribution in [0.3, 0.4) is 0 Å². The predicted octanol–water partition coefficient (Wildman–Crippen LogP) is 5.44. The van der Waals surface area contributed by atoms with Crippen LogP contribution in [0.1, 0.15) is 5.56 Å². The summed E-state index contributed by atoms with van der Waals surface area (Å²) in [5, 5.41) is 7.01. The molecule has 0 fully saturated rings. The fraction of sp³-hybridized carbons (Fsp3) is 0.0500. The van der Waals surface area contributed by atoms with E-state index < -0.39 is 0 Å². The van der Waals surface area contributed by atoms with Crippen LogP contribution in [0.5, 0.6) is 0 Å². The number of pyridine rings is 1. The smallest absolute Gasteiger partial charge is 0.138 e. The number of hydrogen-bond acceptors (Lipinski definition) is 2. The van der Waals surface area contributed by atoms with Crippen LogP contribution in [-0.4, -0.2) is 4.98 Å². The molecule has 2 nitrogen and oxygen atoms in total. The van der Waals surface area contributed by atoms with Crippen molar-refractivity contribution in [1.82, 2.24) is 4.98 Å². The van der Waals surface area contributed by atoms with Gasteiger partial charge >= 0.3 is 0 Å². The Bertz CT molecular complexity index is 956. The highest BCUT2D eigenvalue weighted by molar-refractivity contribution is 6.10. The van der Waals surface area contributed by atoms with Gasteiger partial charge in [0.05, 0.1) is 5.52 Å². The number of aryl methyl sites for hydroxylation is 1. The number of nitrogens with zero attached hydrogens (tertiary/aromatic N) is 1. The number of nitrogens with one attached hydrogen (secondary N) is 1. The summed E-state index contributed by atoms with van der Waals surface area (Å²) in [6.07, 6.45) is 0. The first-order valence-corrected chi connectivity index (χ1v) is 7.42. The molecule has 0 bridgehead atoms. The lowest BCUT2D eigenvalue weighted by molar-refractivity contribution is 1.39. The number of aromatic nitrogens is 1. The second-order valence-corrected chi connectivity index (χ2v) is 5.51. The van der Waals surface area contributed by atoms with Gasteiger partial charge in [-0.3, -0.25) is 0 Å². The van der Waals surface area contributed by atoms with E-state index >= 15 is 0 Å². The third-order valence-electron chi connectivity index (χ3n) is 3.92. The van der Waals surface area contributed by atoms with Gasteiger partial charge in [0, 0.05) is 16.5 Å². The predicted molar refractivity (Wildman–Crippen MR) is 93.7 cm³/mol. The fourth-order valence-electron chi connectivity index (χ4n) is 2.77. The number of hydrogen-bond donors (Lipinski definition) is 1. The first-order chi connectivity index (χ1) is 10.8. The van der Waals surface area contributed by atoms with Crippen LogP contribution < -0.4 is 5.32 Å². The molecule has 0 amide bonds. The molecule has 4 aromatic rings. The highest BCUT2D eigenvalue weighted by atomic mass is 15.0. The Balaban J connectivity index is 1.93. The van der Waals surface area contributed by atoms with Crippen molar-refractivity contribution in [2.24, 2.45) is 0 Å². The van der Waals surface area contributed by atoms with Crippen LogP contribution in [0.25, 0.3) is 21.7 Å². The SMILES string of the molecule is Cc1ccc(Nc2nc3ccccc3c3ccccc23)cc1. The summed E-state index contributed by atoms with van der Waals surface area (Å²) in [7, 11) is 0. The number of fused-ring (bicyclic) bond motifs is 3. The molecule has 0 radical (unpaired) electrons. The molecule has 0 spiro atoms. The zero-order chi connectivity index (χ0) is 14.9. The summed E-state index contributed by atoms with van der Waals surface area (Å²) in [5.74, 6) is 0.901. The van der Waals surface area contributed by atoms with Gasteiger partial charge in [0.25, 0.3) is 0 Å². The summed E-state index contributed by atoms with van der Waals surface area (Å²) >= 11 is 0. The fourth-order valence-corrected chi connectivity index (χ4v) is 2.77. The monoisotopic (exact) mass is 284 g/mol. The lowest BCUT2D eigenvalue weighted by atomic mass is 10.1. The summed E-state index contributed by atoms with van der Waals surface area (Å²) < 4.78 is 0. The lowest BCUT2D eigenvalue weighted by Gasteiger charge is -2.11. The zero-order valence-corrected chi connectivity index (χ0v) is 12.4. The first kappa shape index (κ1) is 12.8. The van der Waals surface area contributed by atoms with Gasteiger partial charge in [-0.2, -0.15) is 0 Å². The Morgan fingerprint density at radius 1 is 0.682 bits per heavy atom. The van der Waals surface area contributed by atoms with E-state index in [0.717, 1.165) is 22.4 Å². The molecule has 1 aromatic heterocycles. The molecule has 0 aliphatic carbocycles. The average molecular weight is 284 g/mol. The number of rotatable bonds is 2. The van der Waals surface area contributed by atoms with E-state index in [4.69, 9.17) is 4.98 Å². The molecule has 22 heavy (non-hydrogen) atoms. The molecular formula is C20H16N2. The van der Waals surface area contributed by atoms with Gasteiger partial charge in [-0.25, -0.2) is 4.98 Å². The van der Waals surface area contributed by atoms with Gasteiger partial charge in [0.2, 0.25) is 0 Å². The van der Waals surface area contributed by atoms with Crippen LogP contribution >= 0.6 is 0 Å². The second kappa shape index (κ2) is 5.15. The van der Waals surface area contributed by atoms with Crippen molar-refractivity contribution in [2.45, 2.75) is 6.92 Å². The van der Waals surface area contributed by atoms with Gasteiger partial charge in [-0.05, 0) is 30.5 Å². The molecule has 0 aliphatic rings. The maximum absolute atomic E-state index is 4.81. The summed E-state index contributed by atoms with van der Waals surface area (Å²) in [6, 6.07) is 25.0. The Morgan fingerprint density at radius 3 is 2.09 bits per heavy atom. The van der Waals surface area contributed by atoms with Crippen LogP contribution in [0.4, 0.5) is 11.5 Å². The quantitative estimate of drug-likeness (QED) is 0.496. The number of benzene rings is 3. The molecule has 0 saturated carbocycles. The Kier molecular flexibility index (Phi) is 3.01. The standard InChI is InChI=1S/C20H16N2/c1-14-10-12-15(13-11-14)21-20-18-8-3-2-6-16(18)17-7-4-5-9-19(17)22-20/h2-13H,1H3,(H,21,22). The van der Waals surface area contributed by atoms with E-state index in [2.05, 4.69) is 79.0 Å². The minimum absolute atomic E-state index is 0.901. The molecule has 0 atom stereocenters. The van der Waals surface area contributed by atoms with E-state index in [9.17, 15) is 0 Å². The highest BCUT2D eigenvalue weighted by Crippen LogP contribution is 2.30. The van der Waals surface area contributed by atoms with E-state index in [1.54, 1.807) is 0 Å². The minimum Gasteiger partial charge on any atom is -0.340 e. The third-order valence-corrected chi connectivity index (χ3v) is 3.92. The minimum atomic E-state index is 0.901. The van der Waals surface area contributed by atoms with E-state index in [0.29, 0.717) is 0 Å². The molecule has 106 valence electrons. The topological polar surface area (TPSA) is 24.9 Å². The normalized spacial score (nSPS) is 11.0.